The summed E-state index contributed by atoms with van der Waals surface area (Å²) in [5, 5.41) is 12.8. The van der Waals surface area contributed by atoms with Crippen LogP contribution in [0.4, 0.5) is 5.69 Å². The largest absolute Gasteiger partial charge is 0.508 e. The average molecular weight is 264 g/mol. The van der Waals surface area contributed by atoms with Crippen LogP contribution < -0.4 is 10.2 Å². The normalized spacial score (nSPS) is 10.8. The quantitative estimate of drug-likeness (QED) is 0.829. The zero-order valence-electron chi connectivity index (χ0n) is 12.2. The molecule has 0 saturated heterocycles. The predicted molar refractivity (Wildman–Crippen MR) is 78.6 cm³/mol. The van der Waals surface area contributed by atoms with Gasteiger partial charge in [0.05, 0.1) is 5.69 Å². The number of hydrogen-bond donors (Lipinski definition) is 2. The Hall–Kier alpha value is -1.55. The van der Waals surface area contributed by atoms with Gasteiger partial charge < -0.3 is 15.3 Å². The molecule has 0 saturated carbocycles. The Balaban J connectivity index is 2.76. The molecule has 106 valence electrons. The maximum absolute atomic E-state index is 12.2. The summed E-state index contributed by atoms with van der Waals surface area (Å²) in [6, 6.07) is 5.49. The van der Waals surface area contributed by atoms with Crippen LogP contribution in [-0.2, 0) is 4.79 Å². The zero-order valence-corrected chi connectivity index (χ0v) is 12.2. The molecule has 1 aromatic carbocycles. The first-order valence-electron chi connectivity index (χ1n) is 6.79. The molecule has 0 aliphatic carbocycles. The van der Waals surface area contributed by atoms with Crippen LogP contribution in [0, 0.1) is 6.92 Å². The van der Waals surface area contributed by atoms with Gasteiger partial charge in [0.2, 0.25) is 5.91 Å². The van der Waals surface area contributed by atoms with Gasteiger partial charge in [0.15, 0.2) is 0 Å². The average Bonchev–Trinajstić information content (AvgIpc) is 2.34. The summed E-state index contributed by atoms with van der Waals surface area (Å²) in [5.41, 5.74) is 1.78. The number of amides is 1. The van der Waals surface area contributed by atoms with Crippen LogP contribution in [0.2, 0.25) is 0 Å². The first-order chi connectivity index (χ1) is 8.95. The molecule has 2 N–H and O–H groups in total. The fourth-order valence-corrected chi connectivity index (χ4v) is 1.97. The molecule has 0 spiro atoms. The summed E-state index contributed by atoms with van der Waals surface area (Å²) in [6.45, 7) is 9.27. The third-order valence-corrected chi connectivity index (χ3v) is 2.99. The van der Waals surface area contributed by atoms with Gasteiger partial charge in [-0.05, 0) is 25.5 Å². The van der Waals surface area contributed by atoms with Crippen LogP contribution in [0.3, 0.4) is 0 Å². The lowest BCUT2D eigenvalue weighted by Gasteiger charge is -2.23. The minimum Gasteiger partial charge on any atom is -0.508 e. The molecule has 0 bridgehead atoms. The van der Waals surface area contributed by atoms with Crippen molar-refractivity contribution in [3.05, 3.63) is 23.8 Å². The van der Waals surface area contributed by atoms with E-state index in [0.717, 1.165) is 11.3 Å². The molecule has 0 fully saturated rings. The Labute approximate surface area is 115 Å². The Kier molecular flexibility index (Phi) is 5.83. The fraction of sp³-hybridized carbons (Fsp3) is 0.533. The van der Waals surface area contributed by atoms with E-state index in [0.29, 0.717) is 25.6 Å². The maximum atomic E-state index is 12.2. The van der Waals surface area contributed by atoms with Crippen molar-refractivity contribution in [1.29, 1.82) is 0 Å². The Morgan fingerprint density at radius 3 is 2.68 bits per heavy atom. The third-order valence-electron chi connectivity index (χ3n) is 2.99. The molecular formula is C15H24N2O2. The molecule has 0 unspecified atom stereocenters. The van der Waals surface area contributed by atoms with Gasteiger partial charge in [-0.15, -0.1) is 0 Å². The highest BCUT2D eigenvalue weighted by Gasteiger charge is 2.16. The number of carbonyl (C=O) groups is 1. The van der Waals surface area contributed by atoms with Crippen molar-refractivity contribution in [1.82, 2.24) is 5.32 Å². The zero-order chi connectivity index (χ0) is 14.4. The van der Waals surface area contributed by atoms with Crippen LogP contribution in [0.15, 0.2) is 18.2 Å². The van der Waals surface area contributed by atoms with E-state index in [1.807, 2.05) is 19.9 Å². The van der Waals surface area contributed by atoms with Gasteiger partial charge in [-0.25, -0.2) is 0 Å². The van der Waals surface area contributed by atoms with E-state index in [-0.39, 0.29) is 11.7 Å². The topological polar surface area (TPSA) is 52.6 Å². The molecule has 4 heteroatoms. The number of nitrogens with zero attached hydrogens (tertiary/aromatic N) is 1. The number of benzene rings is 1. The highest BCUT2D eigenvalue weighted by Crippen LogP contribution is 2.25. The van der Waals surface area contributed by atoms with E-state index in [4.69, 9.17) is 0 Å². The molecule has 1 aromatic rings. The molecule has 19 heavy (non-hydrogen) atoms. The van der Waals surface area contributed by atoms with E-state index in [1.54, 1.807) is 17.0 Å². The van der Waals surface area contributed by atoms with Crippen LogP contribution >= 0.6 is 0 Å². The lowest BCUT2D eigenvalue weighted by molar-refractivity contribution is -0.118. The van der Waals surface area contributed by atoms with E-state index < -0.39 is 0 Å². The number of nitrogens with one attached hydrogen (secondary N) is 1. The number of carbonyl (C=O) groups excluding carboxylic acids is 1. The summed E-state index contributed by atoms with van der Waals surface area (Å²) in [5.74, 6) is 0.261. The molecule has 4 nitrogen and oxygen atoms in total. The number of rotatable bonds is 6. The van der Waals surface area contributed by atoms with Crippen LogP contribution in [0.1, 0.15) is 32.8 Å². The lowest BCUT2D eigenvalue weighted by atomic mass is 10.1. The molecular weight excluding hydrogens is 240 g/mol. The maximum Gasteiger partial charge on any atom is 0.228 e. The van der Waals surface area contributed by atoms with Crippen LogP contribution in [0.25, 0.3) is 0 Å². The van der Waals surface area contributed by atoms with Gasteiger partial charge in [-0.1, -0.05) is 19.9 Å². The third kappa shape index (κ3) is 4.56. The molecule has 1 amide bonds. The van der Waals surface area contributed by atoms with Crippen molar-refractivity contribution >= 4 is 11.6 Å². The molecule has 1 rings (SSSR count). The van der Waals surface area contributed by atoms with Gasteiger partial charge in [0, 0.05) is 31.6 Å². The molecule has 0 heterocycles. The predicted octanol–water partition coefficient (Wildman–Crippen LogP) is 2.44. The van der Waals surface area contributed by atoms with Gasteiger partial charge in [0.1, 0.15) is 5.75 Å². The second-order valence-electron chi connectivity index (χ2n) is 4.97. The summed E-state index contributed by atoms with van der Waals surface area (Å²) in [7, 11) is 0. The van der Waals surface area contributed by atoms with Gasteiger partial charge in [-0.3, -0.25) is 4.79 Å². The van der Waals surface area contributed by atoms with E-state index in [2.05, 4.69) is 19.2 Å². The molecule has 0 atom stereocenters. The van der Waals surface area contributed by atoms with Crippen molar-refractivity contribution in [3.63, 3.8) is 0 Å². The Morgan fingerprint density at radius 1 is 1.42 bits per heavy atom. The number of aryl methyl sites for hydroxylation is 1. The van der Waals surface area contributed by atoms with Crippen LogP contribution in [-0.4, -0.2) is 30.1 Å². The summed E-state index contributed by atoms with van der Waals surface area (Å²) in [6.07, 6.45) is 0.459. The molecule has 0 aromatic heterocycles. The van der Waals surface area contributed by atoms with Crippen molar-refractivity contribution < 1.29 is 9.90 Å². The highest BCUT2D eigenvalue weighted by atomic mass is 16.3. The second kappa shape index (κ2) is 7.14. The Morgan fingerprint density at radius 2 is 2.11 bits per heavy atom. The van der Waals surface area contributed by atoms with Crippen LogP contribution in [0.5, 0.6) is 5.75 Å². The number of anilines is 1. The van der Waals surface area contributed by atoms with Gasteiger partial charge >= 0.3 is 0 Å². The van der Waals surface area contributed by atoms with E-state index in [9.17, 15) is 9.90 Å². The smallest absolute Gasteiger partial charge is 0.228 e. The number of phenols is 1. The van der Waals surface area contributed by atoms with E-state index >= 15 is 0 Å². The number of aromatic hydroxyl groups is 1. The van der Waals surface area contributed by atoms with E-state index in [1.165, 1.54) is 0 Å². The van der Waals surface area contributed by atoms with Gasteiger partial charge in [0.25, 0.3) is 0 Å². The molecule has 0 aliphatic rings. The highest BCUT2D eigenvalue weighted by molar-refractivity contribution is 5.94. The minimum absolute atomic E-state index is 0.0735. The molecule has 0 radical (unpaired) electrons. The van der Waals surface area contributed by atoms with Crippen molar-refractivity contribution in [3.8, 4) is 5.75 Å². The SMILES string of the molecule is CCN(C(=O)CCNC(C)C)c1cc(O)ccc1C. The lowest BCUT2D eigenvalue weighted by Crippen LogP contribution is -2.34. The summed E-state index contributed by atoms with van der Waals surface area (Å²) in [4.78, 5) is 13.9. The van der Waals surface area contributed by atoms with Gasteiger partial charge in [-0.2, -0.15) is 0 Å². The van der Waals surface area contributed by atoms with Crippen molar-refractivity contribution in [2.45, 2.75) is 40.2 Å². The summed E-state index contributed by atoms with van der Waals surface area (Å²) < 4.78 is 0. The fourth-order valence-electron chi connectivity index (χ4n) is 1.97. The number of phenolic OH excluding ortho intramolecular Hbond substituents is 1. The molecule has 0 aliphatic heterocycles. The minimum atomic E-state index is 0.0735. The summed E-state index contributed by atoms with van der Waals surface area (Å²) >= 11 is 0. The first-order valence-corrected chi connectivity index (χ1v) is 6.79. The number of hydrogen-bond acceptors (Lipinski definition) is 3. The Bertz CT molecular complexity index is 430. The second-order valence-corrected chi connectivity index (χ2v) is 4.97. The van der Waals surface area contributed by atoms with Crippen molar-refractivity contribution in [2.75, 3.05) is 18.0 Å². The monoisotopic (exact) mass is 264 g/mol. The van der Waals surface area contributed by atoms with Crippen molar-refractivity contribution in [2.24, 2.45) is 0 Å². The standard InChI is InChI=1S/C15H24N2O2/c1-5-17(15(19)8-9-16-11(2)3)14-10-13(18)7-6-12(14)4/h6-7,10-11,16,18H,5,8-9H2,1-4H3. The first kappa shape index (κ1) is 15.5.